The number of methoxy groups -OCH3 is 1. The van der Waals surface area contributed by atoms with Crippen LogP contribution < -0.4 is 20.7 Å². The van der Waals surface area contributed by atoms with Crippen molar-refractivity contribution in [2.45, 2.75) is 26.3 Å². The number of carbonyl (C=O) groups excluding carboxylic acids is 2. The van der Waals surface area contributed by atoms with Crippen LogP contribution in [0.25, 0.3) is 0 Å². The van der Waals surface area contributed by atoms with E-state index in [4.69, 9.17) is 4.74 Å². The predicted molar refractivity (Wildman–Crippen MR) is 106 cm³/mol. The fraction of sp³-hybridized carbons (Fsp3) is 0.238. The van der Waals surface area contributed by atoms with Gasteiger partial charge in [0.1, 0.15) is 0 Å². The lowest BCUT2D eigenvalue weighted by Gasteiger charge is -2.29. The van der Waals surface area contributed by atoms with Gasteiger partial charge in [0.25, 0.3) is 5.91 Å². The topological polar surface area (TPSA) is 99.7 Å². The smallest absolute Gasteiger partial charge is 0.319 e. The molecule has 0 radical (unpaired) electrons. The van der Waals surface area contributed by atoms with Crippen molar-refractivity contribution in [3.05, 3.63) is 64.9 Å². The molecule has 0 saturated heterocycles. The molecule has 7 heteroatoms. The number of aromatic hydroxyl groups is 1. The van der Waals surface area contributed by atoms with Crippen LogP contribution in [-0.2, 0) is 11.2 Å². The Hall–Kier alpha value is -3.48. The number of phenolic OH excluding ortho intramolecular Hbond substituents is 1. The Morgan fingerprint density at radius 2 is 1.93 bits per heavy atom. The van der Waals surface area contributed by atoms with Crippen LogP contribution >= 0.6 is 0 Å². The summed E-state index contributed by atoms with van der Waals surface area (Å²) >= 11 is 0. The SMILES string of the molecule is CCc1ccc(NC(=O)C2=C(C)NC(=O)NC2c2ccc(OC)c(O)c2)cc1. The highest BCUT2D eigenvalue weighted by Crippen LogP contribution is 2.33. The highest BCUT2D eigenvalue weighted by atomic mass is 16.5. The third kappa shape index (κ3) is 3.93. The standard InChI is InChI=1S/C21H23N3O4/c1-4-13-5-8-15(9-6-13)23-20(26)18-12(2)22-21(27)24-19(18)14-7-10-17(28-3)16(25)11-14/h5-11,19,25H,4H2,1-3H3,(H,23,26)(H2,22,24,27). The van der Waals surface area contributed by atoms with Crippen molar-refractivity contribution in [2.24, 2.45) is 0 Å². The number of rotatable bonds is 5. The molecule has 1 aliphatic heterocycles. The lowest BCUT2D eigenvalue weighted by molar-refractivity contribution is -0.113. The van der Waals surface area contributed by atoms with Crippen LogP contribution in [-0.4, -0.2) is 24.2 Å². The van der Waals surface area contributed by atoms with Crippen LogP contribution in [0.1, 0.15) is 31.0 Å². The molecule has 2 aromatic rings. The molecule has 1 atom stereocenters. The molecule has 2 aromatic carbocycles. The number of amides is 3. The minimum absolute atomic E-state index is 0.0691. The molecule has 3 amide bonds. The largest absolute Gasteiger partial charge is 0.504 e. The van der Waals surface area contributed by atoms with E-state index in [1.54, 1.807) is 19.1 Å². The third-order valence-electron chi connectivity index (χ3n) is 4.67. The summed E-state index contributed by atoms with van der Waals surface area (Å²) in [6.07, 6.45) is 0.914. The summed E-state index contributed by atoms with van der Waals surface area (Å²) in [6, 6.07) is 11.2. The molecular weight excluding hydrogens is 358 g/mol. The number of hydrogen-bond acceptors (Lipinski definition) is 4. The van der Waals surface area contributed by atoms with Gasteiger partial charge in [0.05, 0.1) is 18.7 Å². The molecule has 28 heavy (non-hydrogen) atoms. The molecule has 1 aliphatic rings. The van der Waals surface area contributed by atoms with Crippen LogP contribution in [0.2, 0.25) is 0 Å². The molecule has 0 aliphatic carbocycles. The van der Waals surface area contributed by atoms with Crippen LogP contribution in [0.5, 0.6) is 11.5 Å². The molecule has 0 fully saturated rings. The second kappa shape index (κ2) is 8.04. The van der Waals surface area contributed by atoms with Gasteiger partial charge in [0.2, 0.25) is 0 Å². The molecule has 3 rings (SSSR count). The number of allylic oxidation sites excluding steroid dienone is 1. The maximum absolute atomic E-state index is 13.0. The first-order valence-electron chi connectivity index (χ1n) is 8.98. The van der Waals surface area contributed by atoms with Crippen molar-refractivity contribution in [1.82, 2.24) is 10.6 Å². The summed E-state index contributed by atoms with van der Waals surface area (Å²) in [5.74, 6) is -0.0957. The maximum atomic E-state index is 13.0. The quantitative estimate of drug-likeness (QED) is 0.639. The molecule has 7 nitrogen and oxygen atoms in total. The van der Waals surface area contributed by atoms with E-state index in [2.05, 4.69) is 22.9 Å². The van der Waals surface area contributed by atoms with Crippen molar-refractivity contribution in [3.8, 4) is 11.5 Å². The Labute approximate surface area is 163 Å². The zero-order valence-electron chi connectivity index (χ0n) is 16.0. The van der Waals surface area contributed by atoms with Gasteiger partial charge in [-0.25, -0.2) is 4.79 Å². The van der Waals surface area contributed by atoms with Gasteiger partial charge < -0.3 is 25.8 Å². The summed E-state index contributed by atoms with van der Waals surface area (Å²) in [7, 11) is 1.45. The number of urea groups is 1. The summed E-state index contributed by atoms with van der Waals surface area (Å²) in [4.78, 5) is 25.0. The second-order valence-corrected chi connectivity index (χ2v) is 6.51. The van der Waals surface area contributed by atoms with E-state index < -0.39 is 12.1 Å². The molecule has 0 spiro atoms. The lowest BCUT2D eigenvalue weighted by Crippen LogP contribution is -2.45. The fourth-order valence-corrected chi connectivity index (χ4v) is 3.15. The van der Waals surface area contributed by atoms with E-state index in [9.17, 15) is 14.7 Å². The first kappa shape index (κ1) is 19.3. The summed E-state index contributed by atoms with van der Waals surface area (Å²) in [5, 5.41) is 18.3. The Bertz CT molecular complexity index is 935. The number of benzene rings is 2. The molecule has 4 N–H and O–H groups in total. The van der Waals surface area contributed by atoms with Crippen LogP contribution in [0, 0.1) is 0 Å². The van der Waals surface area contributed by atoms with Gasteiger partial charge in [-0.2, -0.15) is 0 Å². The monoisotopic (exact) mass is 381 g/mol. The third-order valence-corrected chi connectivity index (χ3v) is 4.67. The molecule has 0 bridgehead atoms. The maximum Gasteiger partial charge on any atom is 0.319 e. The van der Waals surface area contributed by atoms with E-state index in [0.717, 1.165) is 6.42 Å². The van der Waals surface area contributed by atoms with Gasteiger partial charge in [-0.05, 0) is 48.7 Å². The molecule has 1 heterocycles. The molecular formula is C21H23N3O4. The van der Waals surface area contributed by atoms with Gasteiger partial charge in [-0.15, -0.1) is 0 Å². The number of phenols is 1. The van der Waals surface area contributed by atoms with E-state index in [-0.39, 0.29) is 11.7 Å². The van der Waals surface area contributed by atoms with Crippen LogP contribution in [0.4, 0.5) is 10.5 Å². The molecule has 0 saturated carbocycles. The van der Waals surface area contributed by atoms with E-state index in [1.807, 2.05) is 24.3 Å². The minimum atomic E-state index is -0.708. The average molecular weight is 381 g/mol. The van der Waals surface area contributed by atoms with Crippen molar-refractivity contribution >= 4 is 17.6 Å². The summed E-state index contributed by atoms with van der Waals surface area (Å²) < 4.78 is 5.06. The Morgan fingerprint density at radius 1 is 1.21 bits per heavy atom. The number of carbonyl (C=O) groups is 2. The minimum Gasteiger partial charge on any atom is -0.504 e. The number of hydrogen-bond donors (Lipinski definition) is 4. The van der Waals surface area contributed by atoms with Gasteiger partial charge in [0.15, 0.2) is 11.5 Å². The normalized spacial score (nSPS) is 16.2. The van der Waals surface area contributed by atoms with E-state index in [1.165, 1.54) is 18.7 Å². The van der Waals surface area contributed by atoms with Crippen molar-refractivity contribution in [1.29, 1.82) is 0 Å². The number of nitrogens with one attached hydrogen (secondary N) is 3. The van der Waals surface area contributed by atoms with Crippen LogP contribution in [0.3, 0.4) is 0 Å². The van der Waals surface area contributed by atoms with Gasteiger partial charge in [0, 0.05) is 11.4 Å². The Kier molecular flexibility index (Phi) is 5.54. The van der Waals surface area contributed by atoms with Gasteiger partial charge >= 0.3 is 6.03 Å². The van der Waals surface area contributed by atoms with Crippen LogP contribution in [0.15, 0.2) is 53.7 Å². The Balaban J connectivity index is 1.92. The number of anilines is 1. The zero-order chi connectivity index (χ0) is 20.3. The molecule has 146 valence electrons. The fourth-order valence-electron chi connectivity index (χ4n) is 3.15. The van der Waals surface area contributed by atoms with Crippen molar-refractivity contribution in [3.63, 3.8) is 0 Å². The van der Waals surface area contributed by atoms with E-state index >= 15 is 0 Å². The molecule has 0 aromatic heterocycles. The summed E-state index contributed by atoms with van der Waals surface area (Å²) in [5.41, 5.74) is 3.22. The average Bonchev–Trinajstić information content (AvgIpc) is 2.67. The van der Waals surface area contributed by atoms with Crippen molar-refractivity contribution in [2.75, 3.05) is 12.4 Å². The second-order valence-electron chi connectivity index (χ2n) is 6.51. The predicted octanol–water partition coefficient (Wildman–Crippen LogP) is 3.23. The molecule has 1 unspecified atom stereocenters. The highest BCUT2D eigenvalue weighted by Gasteiger charge is 2.31. The van der Waals surface area contributed by atoms with Gasteiger partial charge in [-0.3, -0.25) is 4.79 Å². The number of aryl methyl sites for hydroxylation is 1. The zero-order valence-corrected chi connectivity index (χ0v) is 16.0. The van der Waals surface area contributed by atoms with E-state index in [0.29, 0.717) is 28.3 Å². The Morgan fingerprint density at radius 3 is 2.54 bits per heavy atom. The van der Waals surface area contributed by atoms with Crippen molar-refractivity contribution < 1.29 is 19.4 Å². The first-order chi connectivity index (χ1) is 13.4. The summed E-state index contributed by atoms with van der Waals surface area (Å²) in [6.45, 7) is 3.73. The van der Waals surface area contributed by atoms with Gasteiger partial charge in [-0.1, -0.05) is 25.1 Å². The first-order valence-corrected chi connectivity index (χ1v) is 8.98. The highest BCUT2D eigenvalue weighted by molar-refractivity contribution is 6.06. The number of ether oxygens (including phenoxy) is 1. The lowest BCUT2D eigenvalue weighted by atomic mass is 9.94.